The van der Waals surface area contributed by atoms with Crippen molar-refractivity contribution in [3.8, 4) is 0 Å². The van der Waals surface area contributed by atoms with Crippen molar-refractivity contribution in [1.82, 2.24) is 5.06 Å². The first kappa shape index (κ1) is 16.9. The monoisotopic (exact) mass is 243 g/mol. The molecule has 0 aliphatic rings. The summed E-state index contributed by atoms with van der Waals surface area (Å²) in [4.78, 5) is 0. The van der Waals surface area contributed by atoms with Gasteiger partial charge in [0.15, 0.2) is 0 Å². The van der Waals surface area contributed by atoms with Crippen LogP contribution in [0.3, 0.4) is 0 Å². The Balaban J connectivity index is 2.89. The summed E-state index contributed by atoms with van der Waals surface area (Å²) in [5, 5.41) is 10.2. The van der Waals surface area contributed by atoms with E-state index in [-0.39, 0.29) is 0 Å². The average molecular weight is 243 g/mol. The molecule has 17 heavy (non-hydrogen) atoms. The topological polar surface area (TPSA) is 23.5 Å². The Hall–Kier alpha value is -0.0800. The fourth-order valence-corrected chi connectivity index (χ4v) is 2.18. The molecule has 0 amide bonds. The van der Waals surface area contributed by atoms with Crippen molar-refractivity contribution < 1.29 is 5.21 Å². The lowest BCUT2D eigenvalue weighted by molar-refractivity contribution is -0.0655. The molecule has 0 atom stereocenters. The first-order valence-electron chi connectivity index (χ1n) is 7.67. The van der Waals surface area contributed by atoms with Crippen molar-refractivity contribution in [2.24, 2.45) is 0 Å². The maximum absolute atomic E-state index is 8.95. The highest BCUT2D eigenvalue weighted by Crippen LogP contribution is 2.11. The second kappa shape index (κ2) is 14.0. The van der Waals surface area contributed by atoms with Gasteiger partial charge in [-0.05, 0) is 6.42 Å². The second-order valence-corrected chi connectivity index (χ2v) is 5.27. The van der Waals surface area contributed by atoms with E-state index in [9.17, 15) is 0 Å². The highest BCUT2D eigenvalue weighted by Gasteiger charge is 1.94. The Morgan fingerprint density at radius 2 is 1.00 bits per heavy atom. The van der Waals surface area contributed by atoms with Crippen molar-refractivity contribution in [3.63, 3.8) is 0 Å². The normalized spacial score (nSPS) is 11.3. The largest absolute Gasteiger partial charge is 0.314 e. The van der Waals surface area contributed by atoms with Crippen molar-refractivity contribution in [2.75, 3.05) is 13.6 Å². The lowest BCUT2D eigenvalue weighted by atomic mass is 10.1. The molecule has 0 aliphatic carbocycles. The van der Waals surface area contributed by atoms with Gasteiger partial charge < -0.3 is 5.21 Å². The lowest BCUT2D eigenvalue weighted by Gasteiger charge is -2.07. The van der Waals surface area contributed by atoms with Gasteiger partial charge in [-0.25, -0.2) is 0 Å². The predicted molar refractivity (Wildman–Crippen MR) is 75.5 cm³/mol. The number of hydrogen-bond donors (Lipinski definition) is 1. The van der Waals surface area contributed by atoms with Gasteiger partial charge in [0.25, 0.3) is 0 Å². The molecular formula is C15H33NO. The molecular weight excluding hydrogens is 210 g/mol. The number of nitrogens with zero attached hydrogens (tertiary/aromatic N) is 1. The third-order valence-corrected chi connectivity index (χ3v) is 3.34. The SMILES string of the molecule is CCCCCCCCCCCCCCN(C)O. The zero-order valence-corrected chi connectivity index (χ0v) is 12.1. The number of hydrogen-bond acceptors (Lipinski definition) is 2. The zero-order chi connectivity index (χ0) is 12.8. The van der Waals surface area contributed by atoms with Crippen LogP contribution in [0.15, 0.2) is 0 Å². The maximum atomic E-state index is 8.95. The molecule has 0 heterocycles. The van der Waals surface area contributed by atoms with E-state index in [0.717, 1.165) is 13.0 Å². The van der Waals surface area contributed by atoms with Gasteiger partial charge in [-0.3, -0.25) is 0 Å². The number of hydroxylamine groups is 2. The number of rotatable bonds is 13. The molecule has 0 bridgehead atoms. The van der Waals surface area contributed by atoms with E-state index in [2.05, 4.69) is 6.92 Å². The molecule has 1 N–H and O–H groups in total. The van der Waals surface area contributed by atoms with Gasteiger partial charge in [-0.15, -0.1) is 0 Å². The van der Waals surface area contributed by atoms with Crippen LogP contribution >= 0.6 is 0 Å². The molecule has 0 spiro atoms. The minimum absolute atomic E-state index is 0.817. The summed E-state index contributed by atoms with van der Waals surface area (Å²) < 4.78 is 0. The summed E-state index contributed by atoms with van der Waals surface area (Å²) in [5.74, 6) is 0. The average Bonchev–Trinajstić information content (AvgIpc) is 2.30. The minimum atomic E-state index is 0.817. The maximum Gasteiger partial charge on any atom is 0.0235 e. The minimum Gasteiger partial charge on any atom is -0.314 e. The quantitative estimate of drug-likeness (QED) is 0.363. The lowest BCUT2D eigenvalue weighted by Crippen LogP contribution is -2.13. The van der Waals surface area contributed by atoms with E-state index in [1.807, 2.05) is 0 Å². The van der Waals surface area contributed by atoms with Crippen LogP contribution in [0.25, 0.3) is 0 Å². The van der Waals surface area contributed by atoms with Crippen LogP contribution in [0.1, 0.15) is 84.0 Å². The first-order valence-corrected chi connectivity index (χ1v) is 7.67. The molecule has 0 aromatic rings. The first-order chi connectivity index (χ1) is 8.27. The van der Waals surface area contributed by atoms with E-state index >= 15 is 0 Å². The van der Waals surface area contributed by atoms with Crippen LogP contribution in [-0.2, 0) is 0 Å². The van der Waals surface area contributed by atoms with Crippen LogP contribution in [0.4, 0.5) is 0 Å². The summed E-state index contributed by atoms with van der Waals surface area (Å²) in [7, 11) is 1.72. The van der Waals surface area contributed by atoms with E-state index in [1.54, 1.807) is 7.05 Å². The van der Waals surface area contributed by atoms with Crippen molar-refractivity contribution in [3.05, 3.63) is 0 Å². The van der Waals surface area contributed by atoms with Crippen LogP contribution in [0.5, 0.6) is 0 Å². The van der Waals surface area contributed by atoms with E-state index < -0.39 is 0 Å². The van der Waals surface area contributed by atoms with Gasteiger partial charge >= 0.3 is 0 Å². The van der Waals surface area contributed by atoms with Gasteiger partial charge in [-0.1, -0.05) is 77.6 Å². The molecule has 0 rings (SSSR count). The Labute approximate surface area is 108 Å². The summed E-state index contributed by atoms with van der Waals surface area (Å²) >= 11 is 0. The summed E-state index contributed by atoms with van der Waals surface area (Å²) in [5.41, 5.74) is 0. The van der Waals surface area contributed by atoms with Crippen LogP contribution < -0.4 is 0 Å². The van der Waals surface area contributed by atoms with Crippen LogP contribution in [0, 0.1) is 0 Å². The zero-order valence-electron chi connectivity index (χ0n) is 12.1. The van der Waals surface area contributed by atoms with Gasteiger partial charge in [0.2, 0.25) is 0 Å². The summed E-state index contributed by atoms with van der Waals surface area (Å²) in [6, 6.07) is 0. The predicted octanol–water partition coefficient (Wildman–Crippen LogP) is 5.01. The molecule has 0 aromatic carbocycles. The fourth-order valence-electron chi connectivity index (χ4n) is 2.18. The van der Waals surface area contributed by atoms with Crippen LogP contribution in [0.2, 0.25) is 0 Å². The van der Waals surface area contributed by atoms with Crippen molar-refractivity contribution >= 4 is 0 Å². The smallest absolute Gasteiger partial charge is 0.0235 e. The van der Waals surface area contributed by atoms with Crippen LogP contribution in [-0.4, -0.2) is 23.9 Å². The Morgan fingerprint density at radius 3 is 1.35 bits per heavy atom. The van der Waals surface area contributed by atoms with Crippen molar-refractivity contribution in [1.29, 1.82) is 0 Å². The van der Waals surface area contributed by atoms with Gasteiger partial charge in [0.1, 0.15) is 0 Å². The number of unbranched alkanes of at least 4 members (excludes halogenated alkanes) is 11. The van der Waals surface area contributed by atoms with E-state index in [1.165, 1.54) is 75.7 Å². The summed E-state index contributed by atoms with van der Waals surface area (Å²) in [6.07, 6.45) is 16.5. The highest BCUT2D eigenvalue weighted by atomic mass is 16.5. The Bertz CT molecular complexity index is 137. The molecule has 0 saturated carbocycles. The Kier molecular flexibility index (Phi) is 13.9. The highest BCUT2D eigenvalue weighted by molar-refractivity contribution is 4.49. The van der Waals surface area contributed by atoms with Crippen molar-refractivity contribution in [2.45, 2.75) is 84.0 Å². The molecule has 0 aromatic heterocycles. The molecule has 0 aliphatic heterocycles. The molecule has 2 heteroatoms. The molecule has 0 fully saturated rings. The van der Waals surface area contributed by atoms with Gasteiger partial charge in [-0.2, -0.15) is 5.06 Å². The molecule has 0 saturated heterocycles. The van der Waals surface area contributed by atoms with E-state index in [4.69, 9.17) is 5.21 Å². The molecule has 0 radical (unpaired) electrons. The third kappa shape index (κ3) is 15.9. The second-order valence-electron chi connectivity index (χ2n) is 5.27. The molecule has 0 unspecified atom stereocenters. The van der Waals surface area contributed by atoms with Gasteiger partial charge in [0, 0.05) is 13.6 Å². The third-order valence-electron chi connectivity index (χ3n) is 3.34. The van der Waals surface area contributed by atoms with Gasteiger partial charge in [0.05, 0.1) is 0 Å². The molecule has 104 valence electrons. The van der Waals surface area contributed by atoms with E-state index in [0.29, 0.717) is 0 Å². The summed E-state index contributed by atoms with van der Waals surface area (Å²) in [6.45, 7) is 3.09. The fraction of sp³-hybridized carbons (Fsp3) is 1.00. The standard InChI is InChI=1S/C15H33NO/c1-3-4-5-6-7-8-9-10-11-12-13-14-15-16(2)17/h17H,3-15H2,1-2H3. The molecule has 2 nitrogen and oxygen atoms in total. The Morgan fingerprint density at radius 1 is 0.647 bits per heavy atom.